The molecule has 1 fully saturated rings. The number of amides is 1. The summed E-state index contributed by atoms with van der Waals surface area (Å²) >= 11 is 0. The van der Waals surface area contributed by atoms with Gasteiger partial charge in [0, 0.05) is 0 Å². The molecule has 0 N–H and O–H groups in total. The molecule has 1 rings (SSSR count). The van der Waals surface area contributed by atoms with E-state index in [2.05, 4.69) is 0 Å². The van der Waals surface area contributed by atoms with Gasteiger partial charge in [0.05, 0.1) is 0 Å². The molecule has 1 heterocycles. The van der Waals surface area contributed by atoms with E-state index in [-0.39, 0.29) is 0 Å². The lowest BCUT2D eigenvalue weighted by molar-refractivity contribution is -0.221. The number of hydrogen-bond donors (Lipinski definition) is 0. The summed E-state index contributed by atoms with van der Waals surface area (Å²) in [5, 5.41) is 0. The first-order valence-corrected chi connectivity index (χ1v) is 11.1. The van der Waals surface area contributed by atoms with Crippen LogP contribution in [0.4, 0.5) is 0 Å². The van der Waals surface area contributed by atoms with Crippen molar-refractivity contribution >= 4 is 29.6 Å². The molecule has 0 aromatic carbocycles. The Morgan fingerprint density at radius 2 is 1.15 bits per heavy atom. The molecule has 1 amide bonds. The first kappa shape index (κ1) is 28.6. The van der Waals surface area contributed by atoms with Crippen LogP contribution in [-0.2, 0) is 38.2 Å². The van der Waals surface area contributed by atoms with Gasteiger partial charge in [-0.15, -0.1) is 0 Å². The van der Waals surface area contributed by atoms with E-state index in [9.17, 15) is 24.0 Å². The average Bonchev–Trinajstić information content (AvgIpc) is 2.50. The van der Waals surface area contributed by atoms with Crippen molar-refractivity contribution in [1.29, 1.82) is 0 Å². The Morgan fingerprint density at radius 1 is 0.788 bits per heavy atom. The van der Waals surface area contributed by atoms with Gasteiger partial charge in [-0.1, -0.05) is 13.8 Å². The summed E-state index contributed by atoms with van der Waals surface area (Å²) in [5.41, 5.74) is -5.43. The van der Waals surface area contributed by atoms with Crippen LogP contribution in [-0.4, -0.2) is 62.9 Å². The van der Waals surface area contributed by atoms with Gasteiger partial charge < -0.3 is 19.1 Å². The summed E-state index contributed by atoms with van der Waals surface area (Å²) < 4.78 is 16.5. The van der Waals surface area contributed by atoms with Crippen molar-refractivity contribution < 1.29 is 38.2 Å². The predicted molar refractivity (Wildman–Crippen MR) is 120 cm³/mol. The molecule has 0 spiro atoms. The zero-order valence-electron chi connectivity index (χ0n) is 21.9. The third-order valence-corrected chi connectivity index (χ3v) is 4.67. The maximum Gasteiger partial charge on any atom is 0.345 e. The van der Waals surface area contributed by atoms with Gasteiger partial charge in [0.15, 0.2) is 0 Å². The first-order chi connectivity index (χ1) is 14.6. The molecule has 33 heavy (non-hydrogen) atoms. The lowest BCUT2D eigenvalue weighted by atomic mass is 9.68. The summed E-state index contributed by atoms with van der Waals surface area (Å²) in [6.07, 6.45) is 0. The van der Waals surface area contributed by atoms with E-state index in [1.54, 1.807) is 76.2 Å². The van der Waals surface area contributed by atoms with Crippen molar-refractivity contribution in [2.75, 3.05) is 0 Å². The van der Waals surface area contributed by atoms with Crippen LogP contribution in [0.1, 0.15) is 83.1 Å². The van der Waals surface area contributed by atoms with Gasteiger partial charge in [-0.05, 0) is 75.2 Å². The smallest absolute Gasteiger partial charge is 0.345 e. The minimum Gasteiger partial charge on any atom is -0.458 e. The Labute approximate surface area is 196 Å². The van der Waals surface area contributed by atoms with Crippen molar-refractivity contribution in [3.05, 3.63) is 0 Å². The fourth-order valence-corrected chi connectivity index (χ4v) is 3.65. The SMILES string of the molecule is CC(=O)[C@@H]1C(=O)N([C@@H](C(=O)OC(C)(C)C)C(C)C)C1(C(=O)OC(C)(C)C)C(=O)OC(C)(C)C. The van der Waals surface area contributed by atoms with Gasteiger partial charge in [-0.2, -0.15) is 0 Å². The number of ether oxygens (including phenoxy) is 3. The lowest BCUT2D eigenvalue weighted by Crippen LogP contribution is -2.84. The molecule has 0 saturated carbocycles. The van der Waals surface area contributed by atoms with Crippen LogP contribution in [0, 0.1) is 11.8 Å². The van der Waals surface area contributed by atoms with Gasteiger partial charge in [0.1, 0.15) is 34.5 Å². The van der Waals surface area contributed by atoms with Crippen molar-refractivity contribution in [2.24, 2.45) is 11.8 Å². The summed E-state index contributed by atoms with van der Waals surface area (Å²) in [7, 11) is 0. The molecule has 0 aromatic rings. The van der Waals surface area contributed by atoms with Crippen molar-refractivity contribution in [2.45, 2.75) is 111 Å². The van der Waals surface area contributed by atoms with Gasteiger partial charge >= 0.3 is 17.9 Å². The maximum absolute atomic E-state index is 13.6. The molecule has 9 nitrogen and oxygen atoms in total. The quantitative estimate of drug-likeness (QED) is 0.252. The van der Waals surface area contributed by atoms with Gasteiger partial charge in [-0.25, -0.2) is 14.4 Å². The zero-order valence-corrected chi connectivity index (χ0v) is 21.9. The number of hydrogen-bond acceptors (Lipinski definition) is 8. The van der Waals surface area contributed by atoms with Crippen molar-refractivity contribution in [3.63, 3.8) is 0 Å². The van der Waals surface area contributed by atoms with E-state index < -0.39 is 69.8 Å². The highest BCUT2D eigenvalue weighted by molar-refractivity contribution is 6.25. The standard InChI is InChI=1S/C24H39NO8/c1-13(2)16(18(28)31-21(4,5)6)25-17(27)15(14(3)26)24(25,19(29)32-22(7,8)9)20(30)33-23(10,11)12/h13,15-16H,1-12H3/t15-,16-/m1/s1. The zero-order chi connectivity index (χ0) is 26.3. The monoisotopic (exact) mass is 469 g/mol. The second-order valence-corrected chi connectivity index (χ2v) is 11.7. The second-order valence-electron chi connectivity index (χ2n) is 11.7. The summed E-state index contributed by atoms with van der Waals surface area (Å²) in [6.45, 7) is 18.9. The Kier molecular flexibility index (Phi) is 7.85. The summed E-state index contributed by atoms with van der Waals surface area (Å²) in [5.74, 6) is -6.82. The Hall–Kier alpha value is -2.45. The number of ketones is 1. The minimum absolute atomic E-state index is 0.555. The Morgan fingerprint density at radius 3 is 1.42 bits per heavy atom. The molecule has 0 bridgehead atoms. The topological polar surface area (TPSA) is 116 Å². The van der Waals surface area contributed by atoms with Crippen molar-refractivity contribution in [3.8, 4) is 0 Å². The Balaban J connectivity index is 3.83. The largest absolute Gasteiger partial charge is 0.458 e. The van der Waals surface area contributed by atoms with E-state index in [0.29, 0.717) is 0 Å². The first-order valence-electron chi connectivity index (χ1n) is 11.1. The molecular weight excluding hydrogens is 430 g/mol. The molecular formula is C24H39NO8. The van der Waals surface area contributed by atoms with E-state index >= 15 is 0 Å². The molecule has 2 atom stereocenters. The minimum atomic E-state index is -2.45. The summed E-state index contributed by atoms with van der Waals surface area (Å²) in [4.78, 5) is 66.9. The van der Waals surface area contributed by atoms with Gasteiger partial charge in [0.2, 0.25) is 5.91 Å². The highest BCUT2D eigenvalue weighted by Gasteiger charge is 2.76. The van der Waals surface area contributed by atoms with Crippen LogP contribution in [0.25, 0.3) is 0 Å². The highest BCUT2D eigenvalue weighted by Crippen LogP contribution is 2.45. The third kappa shape index (κ3) is 6.12. The van der Waals surface area contributed by atoms with Crippen LogP contribution in [0.3, 0.4) is 0 Å². The molecule has 1 aliphatic rings. The molecule has 0 aliphatic carbocycles. The number of rotatable bonds is 6. The van der Waals surface area contributed by atoms with Gasteiger partial charge in [-0.3, -0.25) is 9.59 Å². The van der Waals surface area contributed by atoms with E-state index in [0.717, 1.165) is 11.8 Å². The number of likely N-dealkylation sites (tertiary alicyclic amines) is 1. The highest BCUT2D eigenvalue weighted by atomic mass is 16.6. The molecule has 9 heteroatoms. The number of carbonyl (C=O) groups excluding carboxylic acids is 5. The molecule has 1 saturated heterocycles. The number of esters is 3. The lowest BCUT2D eigenvalue weighted by Gasteiger charge is -2.56. The van der Waals surface area contributed by atoms with Gasteiger partial charge in [0.25, 0.3) is 5.54 Å². The molecule has 0 radical (unpaired) electrons. The fourth-order valence-electron chi connectivity index (χ4n) is 3.65. The van der Waals surface area contributed by atoms with E-state index in [4.69, 9.17) is 14.2 Å². The number of carbonyl (C=O) groups is 5. The van der Waals surface area contributed by atoms with Crippen LogP contribution in [0.5, 0.6) is 0 Å². The molecule has 188 valence electrons. The average molecular weight is 470 g/mol. The number of nitrogens with zero attached hydrogens (tertiary/aromatic N) is 1. The van der Waals surface area contributed by atoms with E-state index in [1.165, 1.54) is 0 Å². The number of Topliss-reactive ketones (excluding diaryl/α,β-unsaturated/α-hetero) is 1. The van der Waals surface area contributed by atoms with Crippen LogP contribution >= 0.6 is 0 Å². The van der Waals surface area contributed by atoms with Crippen LogP contribution in [0.15, 0.2) is 0 Å². The van der Waals surface area contributed by atoms with Crippen molar-refractivity contribution in [1.82, 2.24) is 4.90 Å². The Bertz CT molecular complexity index is 795. The molecule has 0 unspecified atom stereocenters. The molecule has 0 aromatic heterocycles. The maximum atomic E-state index is 13.6. The fraction of sp³-hybridized carbons (Fsp3) is 0.792. The normalized spacial score (nSPS) is 19.5. The summed E-state index contributed by atoms with van der Waals surface area (Å²) in [6, 6.07) is -1.33. The molecule has 1 aliphatic heterocycles. The third-order valence-electron chi connectivity index (χ3n) is 4.67. The number of β-lactam (4-membered cyclic amide) rings is 1. The predicted octanol–water partition coefficient (Wildman–Crippen LogP) is 2.82. The second kappa shape index (κ2) is 9.06. The van der Waals surface area contributed by atoms with Crippen LogP contribution < -0.4 is 0 Å². The van der Waals surface area contributed by atoms with Crippen LogP contribution in [0.2, 0.25) is 0 Å². The van der Waals surface area contributed by atoms with E-state index in [1.807, 2.05) is 0 Å².